The summed E-state index contributed by atoms with van der Waals surface area (Å²) in [6.07, 6.45) is 0. The zero-order chi connectivity index (χ0) is 23.3. The third-order valence-electron chi connectivity index (χ3n) is 6.10. The van der Waals surface area contributed by atoms with Crippen molar-refractivity contribution in [2.45, 2.75) is 6.04 Å². The molecule has 1 aliphatic rings. The Labute approximate surface area is 203 Å². The van der Waals surface area contributed by atoms with Gasteiger partial charge in [0, 0.05) is 32.7 Å². The van der Waals surface area contributed by atoms with Crippen molar-refractivity contribution in [3.05, 3.63) is 89.6 Å². The molecule has 8 heteroatoms. The molecule has 34 heavy (non-hydrogen) atoms. The summed E-state index contributed by atoms with van der Waals surface area (Å²) < 4.78 is 1.75. The van der Waals surface area contributed by atoms with Crippen LogP contribution in [0.1, 0.15) is 22.2 Å². The van der Waals surface area contributed by atoms with Crippen molar-refractivity contribution >= 4 is 17.2 Å². The van der Waals surface area contributed by atoms with Crippen molar-refractivity contribution in [1.29, 1.82) is 0 Å². The van der Waals surface area contributed by atoms with Gasteiger partial charge in [-0.1, -0.05) is 54.6 Å². The summed E-state index contributed by atoms with van der Waals surface area (Å²) in [5.74, 6) is 0.573. The summed E-state index contributed by atoms with van der Waals surface area (Å²) in [7, 11) is 2.15. The van der Waals surface area contributed by atoms with Crippen molar-refractivity contribution in [3.63, 3.8) is 0 Å². The van der Waals surface area contributed by atoms with Crippen molar-refractivity contribution in [2.24, 2.45) is 0 Å². The van der Waals surface area contributed by atoms with Gasteiger partial charge < -0.3 is 10.2 Å². The fourth-order valence-corrected chi connectivity index (χ4v) is 4.85. The highest BCUT2D eigenvalue weighted by Gasteiger charge is 2.25. The Morgan fingerprint density at radius 3 is 2.35 bits per heavy atom. The first kappa shape index (κ1) is 22.5. The SMILES string of the molecule is CN1CCN(CC(NC(=O)c2nc(-c3cccs3)n(-c3ccccc3)n2)c2ccccc2)CC1. The fourth-order valence-electron chi connectivity index (χ4n) is 4.15. The number of hydrogen-bond donors (Lipinski definition) is 1. The summed E-state index contributed by atoms with van der Waals surface area (Å²) >= 11 is 1.58. The minimum Gasteiger partial charge on any atom is -0.341 e. The molecule has 1 atom stereocenters. The van der Waals surface area contributed by atoms with E-state index in [1.807, 2.05) is 66.0 Å². The first-order valence-corrected chi connectivity index (χ1v) is 12.4. The van der Waals surface area contributed by atoms with Gasteiger partial charge in [0.15, 0.2) is 5.82 Å². The van der Waals surface area contributed by atoms with Gasteiger partial charge in [-0.05, 0) is 36.2 Å². The number of hydrogen-bond acceptors (Lipinski definition) is 6. The Hall–Kier alpha value is -3.33. The van der Waals surface area contributed by atoms with Crippen LogP contribution < -0.4 is 5.32 Å². The lowest BCUT2D eigenvalue weighted by atomic mass is 10.1. The molecule has 3 heterocycles. The number of amides is 1. The van der Waals surface area contributed by atoms with E-state index in [1.54, 1.807) is 16.0 Å². The molecule has 1 unspecified atom stereocenters. The maximum atomic E-state index is 13.4. The summed E-state index contributed by atoms with van der Waals surface area (Å²) in [4.78, 5) is 23.8. The molecule has 1 fully saturated rings. The highest BCUT2D eigenvalue weighted by Crippen LogP contribution is 2.26. The molecule has 0 bridgehead atoms. The number of carbonyl (C=O) groups excluding carboxylic acids is 1. The van der Waals surface area contributed by atoms with E-state index in [4.69, 9.17) is 0 Å². The number of para-hydroxylation sites is 1. The van der Waals surface area contributed by atoms with Gasteiger partial charge in [-0.15, -0.1) is 16.4 Å². The predicted molar refractivity (Wildman–Crippen MR) is 135 cm³/mol. The van der Waals surface area contributed by atoms with Gasteiger partial charge in [0.25, 0.3) is 5.91 Å². The van der Waals surface area contributed by atoms with Crippen molar-refractivity contribution in [1.82, 2.24) is 29.9 Å². The lowest BCUT2D eigenvalue weighted by molar-refractivity contribution is 0.0897. The molecule has 1 saturated heterocycles. The summed E-state index contributed by atoms with van der Waals surface area (Å²) in [6, 6.07) is 23.8. The van der Waals surface area contributed by atoms with Crippen LogP contribution in [-0.2, 0) is 0 Å². The molecule has 5 rings (SSSR count). The van der Waals surface area contributed by atoms with E-state index in [0.29, 0.717) is 5.82 Å². The van der Waals surface area contributed by atoms with Gasteiger partial charge in [-0.2, -0.15) is 0 Å². The second kappa shape index (κ2) is 10.3. The highest BCUT2D eigenvalue weighted by atomic mass is 32.1. The smallest absolute Gasteiger partial charge is 0.291 e. The number of piperazine rings is 1. The van der Waals surface area contributed by atoms with Crippen LogP contribution in [0.3, 0.4) is 0 Å². The molecule has 0 radical (unpaired) electrons. The maximum absolute atomic E-state index is 13.4. The number of rotatable bonds is 7. The molecule has 0 spiro atoms. The second-order valence-electron chi connectivity index (χ2n) is 8.52. The molecular weight excluding hydrogens is 444 g/mol. The lowest BCUT2D eigenvalue weighted by Crippen LogP contribution is -2.48. The summed E-state index contributed by atoms with van der Waals surface area (Å²) in [5.41, 5.74) is 1.95. The van der Waals surface area contributed by atoms with E-state index in [1.165, 1.54) is 0 Å². The Bertz CT molecular complexity index is 1200. The molecule has 0 saturated carbocycles. The zero-order valence-electron chi connectivity index (χ0n) is 19.2. The highest BCUT2D eigenvalue weighted by molar-refractivity contribution is 7.13. The van der Waals surface area contributed by atoms with Crippen molar-refractivity contribution in [3.8, 4) is 16.4 Å². The number of nitrogens with one attached hydrogen (secondary N) is 1. The van der Waals surface area contributed by atoms with Gasteiger partial charge in [0.1, 0.15) is 0 Å². The third kappa shape index (κ3) is 5.09. The largest absolute Gasteiger partial charge is 0.341 e. The van der Waals surface area contributed by atoms with E-state index in [0.717, 1.165) is 48.9 Å². The van der Waals surface area contributed by atoms with Crippen LogP contribution in [0.25, 0.3) is 16.4 Å². The topological polar surface area (TPSA) is 66.3 Å². The predicted octanol–water partition coefficient (Wildman–Crippen LogP) is 3.71. The number of thiophene rings is 1. The molecular formula is C26H28N6OS. The van der Waals surface area contributed by atoms with E-state index < -0.39 is 0 Å². The summed E-state index contributed by atoms with van der Waals surface area (Å²) in [6.45, 7) is 4.78. The zero-order valence-corrected chi connectivity index (χ0v) is 20.0. The van der Waals surface area contributed by atoms with Crippen LogP contribution >= 0.6 is 11.3 Å². The monoisotopic (exact) mass is 472 g/mol. The first-order valence-electron chi connectivity index (χ1n) is 11.5. The first-order chi connectivity index (χ1) is 16.7. The van der Waals surface area contributed by atoms with E-state index in [2.05, 4.69) is 44.4 Å². The molecule has 0 aliphatic carbocycles. The van der Waals surface area contributed by atoms with E-state index in [9.17, 15) is 4.79 Å². The number of nitrogens with zero attached hydrogens (tertiary/aromatic N) is 5. The van der Waals surface area contributed by atoms with Crippen molar-refractivity contribution < 1.29 is 4.79 Å². The molecule has 4 aromatic rings. The average Bonchev–Trinajstić information content (AvgIpc) is 3.56. The number of carbonyl (C=O) groups is 1. The lowest BCUT2D eigenvalue weighted by Gasteiger charge is -2.34. The Morgan fingerprint density at radius 1 is 0.971 bits per heavy atom. The van der Waals surface area contributed by atoms with Gasteiger partial charge >= 0.3 is 0 Å². The normalized spacial score (nSPS) is 15.8. The molecule has 7 nitrogen and oxygen atoms in total. The van der Waals surface area contributed by atoms with Gasteiger partial charge in [0.2, 0.25) is 5.82 Å². The minimum absolute atomic E-state index is 0.147. The summed E-state index contributed by atoms with van der Waals surface area (Å²) in [5, 5.41) is 9.84. The Balaban J connectivity index is 1.42. The van der Waals surface area contributed by atoms with E-state index >= 15 is 0 Å². The number of aromatic nitrogens is 3. The van der Waals surface area contributed by atoms with Gasteiger partial charge in [0.05, 0.1) is 16.6 Å². The van der Waals surface area contributed by atoms with E-state index in [-0.39, 0.29) is 17.8 Å². The van der Waals surface area contributed by atoms with Crippen LogP contribution in [0, 0.1) is 0 Å². The van der Waals surface area contributed by atoms with Gasteiger partial charge in [-0.3, -0.25) is 9.69 Å². The maximum Gasteiger partial charge on any atom is 0.291 e. The standard InChI is InChI=1S/C26H28N6OS/c1-30-14-16-31(17-15-30)19-22(20-9-4-2-5-10-20)27-26(33)24-28-25(23-13-8-18-34-23)32(29-24)21-11-6-3-7-12-21/h2-13,18,22H,14-17,19H2,1H3,(H,27,33). The Morgan fingerprint density at radius 2 is 1.68 bits per heavy atom. The van der Waals surface area contributed by atoms with Gasteiger partial charge in [-0.25, -0.2) is 9.67 Å². The molecule has 174 valence electrons. The van der Waals surface area contributed by atoms with Crippen LogP contribution in [0.5, 0.6) is 0 Å². The molecule has 2 aromatic heterocycles. The van der Waals surface area contributed by atoms with Crippen LogP contribution in [0.2, 0.25) is 0 Å². The average molecular weight is 473 g/mol. The quantitative estimate of drug-likeness (QED) is 0.444. The Kier molecular flexibility index (Phi) is 6.80. The minimum atomic E-state index is -0.268. The second-order valence-corrected chi connectivity index (χ2v) is 9.47. The molecule has 2 aromatic carbocycles. The van der Waals surface area contributed by atoms with Crippen LogP contribution in [0.4, 0.5) is 0 Å². The fraction of sp³-hybridized carbons (Fsp3) is 0.269. The number of likely N-dealkylation sites (N-methyl/N-ethyl adjacent to an activating group) is 1. The van der Waals surface area contributed by atoms with Crippen molar-refractivity contribution in [2.75, 3.05) is 39.8 Å². The third-order valence-corrected chi connectivity index (χ3v) is 6.96. The molecule has 1 aliphatic heterocycles. The molecule has 1 N–H and O–H groups in total. The number of benzene rings is 2. The molecule has 1 amide bonds. The van der Waals surface area contributed by atoms with Crippen LogP contribution in [-0.4, -0.2) is 70.2 Å². The van der Waals surface area contributed by atoms with Crippen LogP contribution in [0.15, 0.2) is 78.2 Å².